The Kier molecular flexibility index (Phi) is 40.6. The van der Waals surface area contributed by atoms with Crippen molar-refractivity contribution in [2.24, 2.45) is 0 Å². The number of carbonyl (C=O) groups is 1. The van der Waals surface area contributed by atoms with Crippen LogP contribution in [-0.2, 0) is 18.4 Å². The summed E-state index contributed by atoms with van der Waals surface area (Å²) in [5.74, 6) is -0.187. The summed E-state index contributed by atoms with van der Waals surface area (Å²) in [5, 5.41) is 13.8. The number of hydrogen-bond acceptors (Lipinski definition) is 5. The van der Waals surface area contributed by atoms with Crippen molar-refractivity contribution in [3.05, 3.63) is 24.3 Å². The number of rotatable bonds is 45. The van der Waals surface area contributed by atoms with Gasteiger partial charge in [0.05, 0.1) is 39.9 Å². The summed E-state index contributed by atoms with van der Waals surface area (Å²) >= 11 is 0. The molecular formula is C49H98N2O6P+. The lowest BCUT2D eigenvalue weighted by atomic mass is 10.0. The predicted molar refractivity (Wildman–Crippen MR) is 249 cm³/mol. The highest BCUT2D eigenvalue weighted by molar-refractivity contribution is 7.47. The number of nitrogens with one attached hydrogen (secondary N) is 1. The lowest BCUT2D eigenvalue weighted by Gasteiger charge is -2.25. The molecule has 3 N–H and O–H groups in total. The number of aliphatic hydroxyl groups excluding tert-OH is 1. The number of phosphoric acid groups is 1. The van der Waals surface area contributed by atoms with Crippen molar-refractivity contribution in [1.29, 1.82) is 0 Å². The van der Waals surface area contributed by atoms with Crippen molar-refractivity contribution >= 4 is 13.7 Å². The molecule has 1 amide bonds. The van der Waals surface area contributed by atoms with Crippen molar-refractivity contribution in [2.75, 3.05) is 40.9 Å². The van der Waals surface area contributed by atoms with Gasteiger partial charge in [-0.15, -0.1) is 0 Å². The van der Waals surface area contributed by atoms with Crippen LogP contribution in [0.25, 0.3) is 0 Å². The third kappa shape index (κ3) is 43.1. The summed E-state index contributed by atoms with van der Waals surface area (Å²) < 4.78 is 23.6. The summed E-state index contributed by atoms with van der Waals surface area (Å²) in [6.45, 7) is 4.80. The van der Waals surface area contributed by atoms with Crippen LogP contribution in [0.3, 0.4) is 0 Å². The zero-order chi connectivity index (χ0) is 42.8. The van der Waals surface area contributed by atoms with E-state index in [0.29, 0.717) is 17.4 Å². The monoisotopic (exact) mass is 842 g/mol. The quantitative estimate of drug-likeness (QED) is 0.0244. The Bertz CT molecular complexity index is 1000. The Morgan fingerprint density at radius 2 is 0.948 bits per heavy atom. The van der Waals surface area contributed by atoms with Crippen LogP contribution in [0, 0.1) is 0 Å². The van der Waals surface area contributed by atoms with Gasteiger partial charge in [0.25, 0.3) is 0 Å². The largest absolute Gasteiger partial charge is 0.472 e. The molecular weight excluding hydrogens is 744 g/mol. The van der Waals surface area contributed by atoms with Crippen molar-refractivity contribution in [1.82, 2.24) is 5.32 Å². The fourth-order valence-electron chi connectivity index (χ4n) is 7.23. The Morgan fingerprint density at radius 1 is 0.569 bits per heavy atom. The maximum Gasteiger partial charge on any atom is 0.472 e. The summed E-state index contributed by atoms with van der Waals surface area (Å²) in [6.07, 6.45) is 49.9. The minimum atomic E-state index is -4.34. The summed E-state index contributed by atoms with van der Waals surface area (Å²) in [7, 11) is 1.56. The molecule has 0 heterocycles. The van der Waals surface area contributed by atoms with Crippen LogP contribution in [-0.4, -0.2) is 73.4 Å². The molecule has 0 aliphatic carbocycles. The van der Waals surface area contributed by atoms with Crippen LogP contribution in [0.2, 0.25) is 0 Å². The fourth-order valence-corrected chi connectivity index (χ4v) is 7.97. The second-order valence-electron chi connectivity index (χ2n) is 18.2. The molecule has 3 unspecified atom stereocenters. The molecule has 0 aliphatic heterocycles. The zero-order valence-electron chi connectivity index (χ0n) is 39.0. The SMILES string of the molecule is CCCCCCCCCCCCCCCCCCCCC/C=C/CC/C=C/C(O)C(COP(=O)(O)OCC[N+](C)(C)C)NC(=O)CCCCCCCCCCCCC. The summed E-state index contributed by atoms with van der Waals surface area (Å²) in [6, 6.07) is -0.858. The highest BCUT2D eigenvalue weighted by Gasteiger charge is 2.27. The van der Waals surface area contributed by atoms with Crippen molar-refractivity contribution in [3.63, 3.8) is 0 Å². The molecule has 9 heteroatoms. The van der Waals surface area contributed by atoms with E-state index >= 15 is 0 Å². The minimum absolute atomic E-state index is 0.0582. The number of nitrogens with zero attached hydrogens (tertiary/aromatic N) is 1. The number of phosphoric ester groups is 1. The molecule has 0 saturated heterocycles. The van der Waals surface area contributed by atoms with E-state index in [-0.39, 0.29) is 19.1 Å². The highest BCUT2D eigenvalue weighted by Crippen LogP contribution is 2.43. The third-order valence-corrected chi connectivity index (χ3v) is 12.2. The van der Waals surface area contributed by atoms with Crippen molar-refractivity contribution in [3.8, 4) is 0 Å². The second kappa shape index (κ2) is 41.3. The standard InChI is InChI=1S/C49H97N2O6P/c1-6-8-10-12-14-16-18-19-20-21-22-23-24-25-26-27-28-29-30-31-33-34-36-38-40-42-48(52)47(46-57-58(54,55)56-45-44-51(3,4)5)50-49(53)43-41-39-37-35-32-17-15-13-11-9-7-2/h33-34,40,42,47-48,52H,6-32,35-39,41,43-46H2,1-5H3,(H-,50,53,54,55)/p+1/b34-33+,42-40+. The van der Waals surface area contributed by atoms with E-state index in [0.717, 1.165) is 38.5 Å². The van der Waals surface area contributed by atoms with E-state index in [1.54, 1.807) is 6.08 Å². The average Bonchev–Trinajstić information content (AvgIpc) is 3.17. The number of carbonyl (C=O) groups excluding carboxylic acids is 1. The first kappa shape index (κ1) is 57.0. The van der Waals surface area contributed by atoms with Crippen LogP contribution in [0.1, 0.15) is 232 Å². The van der Waals surface area contributed by atoms with Crippen LogP contribution >= 0.6 is 7.82 Å². The van der Waals surface area contributed by atoms with Gasteiger partial charge in [0.2, 0.25) is 5.91 Å². The first-order valence-corrected chi connectivity index (χ1v) is 26.2. The van der Waals surface area contributed by atoms with Gasteiger partial charge < -0.3 is 19.8 Å². The van der Waals surface area contributed by atoms with Gasteiger partial charge in [-0.05, 0) is 32.1 Å². The lowest BCUT2D eigenvalue weighted by Crippen LogP contribution is -2.45. The lowest BCUT2D eigenvalue weighted by molar-refractivity contribution is -0.870. The maximum atomic E-state index is 12.8. The molecule has 8 nitrogen and oxygen atoms in total. The molecule has 0 radical (unpaired) electrons. The molecule has 0 bridgehead atoms. The van der Waals surface area contributed by atoms with Gasteiger partial charge >= 0.3 is 7.82 Å². The van der Waals surface area contributed by atoms with Crippen LogP contribution < -0.4 is 5.32 Å². The van der Waals surface area contributed by atoms with Crippen LogP contribution in [0.4, 0.5) is 0 Å². The molecule has 0 aromatic carbocycles. The van der Waals surface area contributed by atoms with Crippen LogP contribution in [0.15, 0.2) is 24.3 Å². The predicted octanol–water partition coefficient (Wildman–Crippen LogP) is 14.1. The van der Waals surface area contributed by atoms with Crippen molar-refractivity contribution < 1.29 is 32.9 Å². The van der Waals surface area contributed by atoms with Gasteiger partial charge in [-0.3, -0.25) is 13.8 Å². The number of unbranched alkanes of at least 4 members (excludes halogenated alkanes) is 30. The molecule has 0 aromatic heterocycles. The van der Waals surface area contributed by atoms with E-state index in [4.69, 9.17) is 9.05 Å². The Labute approximate surface area is 360 Å². The molecule has 344 valence electrons. The zero-order valence-corrected chi connectivity index (χ0v) is 39.9. The first-order valence-electron chi connectivity index (χ1n) is 24.7. The van der Waals surface area contributed by atoms with E-state index in [9.17, 15) is 19.4 Å². The second-order valence-corrected chi connectivity index (χ2v) is 19.6. The number of likely N-dealkylation sites (N-methyl/N-ethyl adjacent to an activating group) is 1. The first-order chi connectivity index (χ1) is 28.0. The van der Waals surface area contributed by atoms with Gasteiger partial charge in [-0.1, -0.05) is 218 Å². The highest BCUT2D eigenvalue weighted by atomic mass is 31.2. The molecule has 3 atom stereocenters. The number of aliphatic hydroxyl groups is 1. The molecule has 0 aromatic rings. The minimum Gasteiger partial charge on any atom is -0.387 e. The number of quaternary nitrogens is 1. The third-order valence-electron chi connectivity index (χ3n) is 11.2. The van der Waals surface area contributed by atoms with Crippen LogP contribution in [0.5, 0.6) is 0 Å². The summed E-state index contributed by atoms with van der Waals surface area (Å²) in [5.41, 5.74) is 0. The topological polar surface area (TPSA) is 105 Å². The van der Waals surface area contributed by atoms with Gasteiger partial charge in [0.1, 0.15) is 13.2 Å². The number of amides is 1. The molecule has 0 rings (SSSR count). The smallest absolute Gasteiger partial charge is 0.387 e. The molecule has 0 aliphatic rings. The van der Waals surface area contributed by atoms with Gasteiger partial charge in [-0.2, -0.15) is 0 Å². The molecule has 0 fully saturated rings. The number of allylic oxidation sites excluding steroid dienone is 3. The molecule has 58 heavy (non-hydrogen) atoms. The summed E-state index contributed by atoms with van der Waals surface area (Å²) in [4.78, 5) is 23.1. The van der Waals surface area contributed by atoms with Crippen molar-refractivity contribution in [2.45, 2.75) is 244 Å². The Balaban J connectivity index is 4.26. The van der Waals surface area contributed by atoms with Gasteiger partial charge in [0, 0.05) is 6.42 Å². The molecule has 0 spiro atoms. The molecule has 0 saturated carbocycles. The van der Waals surface area contributed by atoms with Gasteiger partial charge in [-0.25, -0.2) is 4.57 Å². The maximum absolute atomic E-state index is 12.8. The van der Waals surface area contributed by atoms with E-state index in [2.05, 4.69) is 31.3 Å². The Hall–Kier alpha value is -1.02. The normalized spacial score (nSPS) is 14.4. The Morgan fingerprint density at radius 3 is 1.38 bits per heavy atom. The van der Waals surface area contributed by atoms with E-state index in [1.807, 2.05) is 27.2 Å². The van der Waals surface area contributed by atoms with Gasteiger partial charge in [0.15, 0.2) is 0 Å². The van der Waals surface area contributed by atoms with E-state index < -0.39 is 20.0 Å². The number of hydrogen-bond donors (Lipinski definition) is 3. The van der Waals surface area contributed by atoms with E-state index in [1.165, 1.54) is 173 Å². The fraction of sp³-hybridized carbons (Fsp3) is 0.898. The average molecular weight is 842 g/mol.